The predicted octanol–water partition coefficient (Wildman–Crippen LogP) is 1.14. The first-order valence-electron chi connectivity index (χ1n) is 6.85. The van der Waals surface area contributed by atoms with Crippen LogP contribution in [-0.4, -0.2) is 47.7 Å². The molecule has 4 nitrogen and oxygen atoms in total. The van der Waals surface area contributed by atoms with E-state index in [9.17, 15) is 4.79 Å². The summed E-state index contributed by atoms with van der Waals surface area (Å²) in [6.07, 6.45) is 4.65. The lowest BCUT2D eigenvalue weighted by molar-refractivity contribution is -0.138. The molecule has 17 heavy (non-hydrogen) atoms. The molecule has 0 bridgehead atoms. The number of nitrogens with zero attached hydrogens (tertiary/aromatic N) is 1. The molecular weight excluding hydrogens is 216 g/mol. The van der Waals surface area contributed by atoms with Gasteiger partial charge >= 0.3 is 0 Å². The Bertz CT molecular complexity index is 238. The monoisotopic (exact) mass is 242 g/mol. The Hall–Kier alpha value is -0.610. The summed E-state index contributed by atoms with van der Waals surface area (Å²) in [6, 6.07) is 0. The zero-order chi connectivity index (χ0) is 12.7. The summed E-state index contributed by atoms with van der Waals surface area (Å²) in [4.78, 5) is 14.5. The van der Waals surface area contributed by atoms with E-state index in [1.807, 2.05) is 11.8 Å². The first-order valence-corrected chi connectivity index (χ1v) is 6.85. The van der Waals surface area contributed by atoms with Gasteiger partial charge in [-0.15, -0.1) is 0 Å². The second kappa shape index (κ2) is 6.97. The normalized spacial score (nSPS) is 23.9. The molecule has 0 aromatic rings. The lowest BCUT2D eigenvalue weighted by atomic mass is 9.90. The van der Waals surface area contributed by atoms with Crippen LogP contribution in [0.25, 0.3) is 0 Å². The quantitative estimate of drug-likeness (QED) is 0.704. The maximum absolute atomic E-state index is 12.6. The van der Waals surface area contributed by atoms with E-state index in [0.717, 1.165) is 38.8 Å². The first kappa shape index (κ1) is 14.5. The molecule has 1 rings (SSSR count). The van der Waals surface area contributed by atoms with Crippen molar-refractivity contribution in [3.05, 3.63) is 0 Å². The molecule has 0 aliphatic carbocycles. The summed E-state index contributed by atoms with van der Waals surface area (Å²) in [5.41, 5.74) is -0.319. The van der Waals surface area contributed by atoms with Crippen molar-refractivity contribution in [2.45, 2.75) is 51.5 Å². The van der Waals surface area contributed by atoms with Gasteiger partial charge in [0.1, 0.15) is 0 Å². The highest BCUT2D eigenvalue weighted by Crippen LogP contribution is 2.27. The Morgan fingerprint density at radius 1 is 1.47 bits per heavy atom. The van der Waals surface area contributed by atoms with Crippen molar-refractivity contribution in [2.24, 2.45) is 0 Å². The fraction of sp³-hybridized carbons (Fsp3) is 0.923. The third kappa shape index (κ3) is 3.42. The number of nitrogens with one attached hydrogen (secondary N) is 1. The van der Waals surface area contributed by atoms with Crippen LogP contribution in [-0.2, 0) is 4.79 Å². The van der Waals surface area contributed by atoms with Gasteiger partial charge in [0.2, 0.25) is 5.91 Å². The van der Waals surface area contributed by atoms with Crippen LogP contribution in [0.5, 0.6) is 0 Å². The van der Waals surface area contributed by atoms with Gasteiger partial charge in [-0.3, -0.25) is 4.79 Å². The standard InChI is InChI=1S/C13H26N2O2/c1-3-7-13(8-5-9-14-13)12(17)15(4-2)10-6-11-16/h14,16H,3-11H2,1-2H3. The Balaban J connectivity index is 2.68. The minimum absolute atomic E-state index is 0.151. The highest BCUT2D eigenvalue weighted by atomic mass is 16.3. The summed E-state index contributed by atoms with van der Waals surface area (Å²) in [5, 5.41) is 12.3. The van der Waals surface area contributed by atoms with E-state index in [4.69, 9.17) is 5.11 Å². The lowest BCUT2D eigenvalue weighted by Crippen LogP contribution is -2.55. The Morgan fingerprint density at radius 3 is 2.71 bits per heavy atom. The molecule has 0 aromatic carbocycles. The van der Waals surface area contributed by atoms with Crippen molar-refractivity contribution in [3.63, 3.8) is 0 Å². The van der Waals surface area contributed by atoms with Crippen LogP contribution in [0.15, 0.2) is 0 Å². The molecule has 1 aliphatic heterocycles. The summed E-state index contributed by atoms with van der Waals surface area (Å²) in [7, 11) is 0. The summed E-state index contributed by atoms with van der Waals surface area (Å²) >= 11 is 0. The van der Waals surface area contributed by atoms with Crippen molar-refractivity contribution in [1.29, 1.82) is 0 Å². The van der Waals surface area contributed by atoms with Crippen molar-refractivity contribution in [3.8, 4) is 0 Å². The Morgan fingerprint density at radius 2 is 2.24 bits per heavy atom. The summed E-state index contributed by atoms with van der Waals surface area (Å²) in [5.74, 6) is 0.229. The number of carbonyl (C=O) groups excluding carboxylic acids is 1. The molecule has 0 spiro atoms. The van der Waals surface area contributed by atoms with E-state index in [2.05, 4.69) is 12.2 Å². The van der Waals surface area contributed by atoms with Gasteiger partial charge in [-0.1, -0.05) is 13.3 Å². The lowest BCUT2D eigenvalue weighted by Gasteiger charge is -2.34. The second-order valence-corrected chi connectivity index (χ2v) is 4.82. The summed E-state index contributed by atoms with van der Waals surface area (Å²) < 4.78 is 0. The molecule has 100 valence electrons. The highest BCUT2D eigenvalue weighted by molar-refractivity contribution is 5.86. The van der Waals surface area contributed by atoms with Crippen molar-refractivity contribution in [1.82, 2.24) is 10.2 Å². The highest BCUT2D eigenvalue weighted by Gasteiger charge is 2.41. The van der Waals surface area contributed by atoms with Gasteiger partial charge < -0.3 is 15.3 Å². The van der Waals surface area contributed by atoms with Crippen LogP contribution in [0, 0.1) is 0 Å². The SMILES string of the molecule is CCCC1(C(=O)N(CC)CCCO)CCCN1. The molecule has 1 atom stereocenters. The number of carbonyl (C=O) groups is 1. The Kier molecular flexibility index (Phi) is 5.92. The molecule has 1 unspecified atom stereocenters. The molecule has 0 aromatic heterocycles. The third-order valence-electron chi connectivity index (χ3n) is 3.58. The zero-order valence-corrected chi connectivity index (χ0v) is 11.2. The van der Waals surface area contributed by atoms with Crippen molar-refractivity contribution < 1.29 is 9.90 Å². The van der Waals surface area contributed by atoms with Crippen LogP contribution in [0.1, 0.15) is 46.0 Å². The van der Waals surface area contributed by atoms with Gasteiger partial charge in [-0.25, -0.2) is 0 Å². The van der Waals surface area contributed by atoms with Crippen LogP contribution in [0.3, 0.4) is 0 Å². The largest absolute Gasteiger partial charge is 0.396 e. The maximum Gasteiger partial charge on any atom is 0.242 e. The predicted molar refractivity (Wildman–Crippen MR) is 68.8 cm³/mol. The van der Waals surface area contributed by atoms with E-state index < -0.39 is 0 Å². The molecule has 2 N–H and O–H groups in total. The van der Waals surface area contributed by atoms with Crippen LogP contribution >= 0.6 is 0 Å². The topological polar surface area (TPSA) is 52.6 Å². The number of hydrogen-bond donors (Lipinski definition) is 2. The molecule has 4 heteroatoms. The van der Waals surface area contributed by atoms with Gasteiger partial charge in [0.15, 0.2) is 0 Å². The molecule has 1 saturated heterocycles. The average Bonchev–Trinajstić information content (AvgIpc) is 2.80. The molecule has 1 aliphatic rings. The zero-order valence-electron chi connectivity index (χ0n) is 11.2. The number of aliphatic hydroxyl groups is 1. The minimum Gasteiger partial charge on any atom is -0.396 e. The number of hydrogen-bond acceptors (Lipinski definition) is 3. The first-order chi connectivity index (χ1) is 8.20. The smallest absolute Gasteiger partial charge is 0.242 e. The maximum atomic E-state index is 12.6. The number of likely N-dealkylation sites (N-methyl/N-ethyl adjacent to an activating group) is 1. The number of rotatable bonds is 7. The average molecular weight is 242 g/mol. The van der Waals surface area contributed by atoms with E-state index >= 15 is 0 Å². The Labute approximate surface area is 104 Å². The van der Waals surface area contributed by atoms with E-state index in [1.54, 1.807) is 0 Å². The number of aliphatic hydroxyl groups excluding tert-OH is 1. The molecule has 1 amide bonds. The van der Waals surface area contributed by atoms with E-state index in [0.29, 0.717) is 13.0 Å². The van der Waals surface area contributed by atoms with Crippen molar-refractivity contribution in [2.75, 3.05) is 26.2 Å². The van der Waals surface area contributed by atoms with E-state index in [1.165, 1.54) is 0 Å². The molecule has 0 radical (unpaired) electrons. The molecule has 1 fully saturated rings. The van der Waals surface area contributed by atoms with Gasteiger partial charge in [0.25, 0.3) is 0 Å². The van der Waals surface area contributed by atoms with Gasteiger partial charge in [-0.2, -0.15) is 0 Å². The summed E-state index contributed by atoms with van der Waals surface area (Å²) in [6.45, 7) is 6.62. The molecule has 1 heterocycles. The fourth-order valence-electron chi connectivity index (χ4n) is 2.70. The van der Waals surface area contributed by atoms with E-state index in [-0.39, 0.29) is 18.1 Å². The molecular formula is C13H26N2O2. The fourth-order valence-corrected chi connectivity index (χ4v) is 2.70. The minimum atomic E-state index is -0.319. The molecule has 0 saturated carbocycles. The number of amides is 1. The van der Waals surface area contributed by atoms with Crippen LogP contribution < -0.4 is 5.32 Å². The van der Waals surface area contributed by atoms with Crippen LogP contribution in [0.4, 0.5) is 0 Å². The van der Waals surface area contributed by atoms with Crippen molar-refractivity contribution >= 4 is 5.91 Å². The van der Waals surface area contributed by atoms with Gasteiger partial charge in [-0.05, 0) is 39.2 Å². The van der Waals surface area contributed by atoms with Gasteiger partial charge in [0.05, 0.1) is 5.54 Å². The van der Waals surface area contributed by atoms with Crippen LogP contribution in [0.2, 0.25) is 0 Å². The third-order valence-corrected chi connectivity index (χ3v) is 3.58. The second-order valence-electron chi connectivity index (χ2n) is 4.82. The van der Waals surface area contributed by atoms with Gasteiger partial charge in [0, 0.05) is 19.7 Å².